The molecule has 0 spiro atoms. The first kappa shape index (κ1) is 37.9. The topological polar surface area (TPSA) is 32.6 Å². The molecule has 262 valence electrons. The van der Waals surface area contributed by atoms with Crippen LogP contribution < -0.4 is 14.2 Å². The summed E-state index contributed by atoms with van der Waals surface area (Å²) in [6.07, 6.45) is 2.82. The molecule has 2 aromatic heterocycles. The lowest BCUT2D eigenvalue weighted by Crippen LogP contribution is -2.05. The van der Waals surface area contributed by atoms with E-state index in [0.29, 0.717) is 17.9 Å². The Balaban J connectivity index is 0.000000166. The zero-order chi connectivity index (χ0) is 35.8. The van der Waals surface area contributed by atoms with Crippen molar-refractivity contribution in [3.8, 4) is 17.2 Å². The Morgan fingerprint density at radius 3 is 1.53 bits per heavy atom. The number of fused-ring (bicyclic) bond motifs is 3. The molecule has 0 saturated heterocycles. The first-order valence-corrected chi connectivity index (χ1v) is 18.7. The highest BCUT2D eigenvalue weighted by Gasteiger charge is 2.08. The van der Waals surface area contributed by atoms with Crippen molar-refractivity contribution in [3.63, 3.8) is 0 Å². The molecule has 0 aliphatic heterocycles. The average molecular weight is 680 g/mol. The molecule has 0 amide bonds. The van der Waals surface area contributed by atoms with Crippen LogP contribution >= 0.6 is 11.3 Å². The van der Waals surface area contributed by atoms with Crippen molar-refractivity contribution in [2.75, 3.05) is 0 Å². The molecular formula is C44H57NO3S. The number of hydrogen-bond donors (Lipinski definition) is 0. The maximum Gasteiger partial charge on any atom is 0.120 e. The smallest absolute Gasteiger partial charge is 0.120 e. The van der Waals surface area contributed by atoms with Gasteiger partial charge in [-0.3, -0.25) is 0 Å². The molecule has 0 radical (unpaired) electrons. The van der Waals surface area contributed by atoms with E-state index in [0.717, 1.165) is 17.2 Å². The van der Waals surface area contributed by atoms with E-state index in [2.05, 4.69) is 139 Å². The van der Waals surface area contributed by atoms with Gasteiger partial charge >= 0.3 is 0 Å². The molecule has 6 aromatic rings. The fourth-order valence-corrected chi connectivity index (χ4v) is 6.60. The fourth-order valence-electron chi connectivity index (χ4n) is 5.56. The van der Waals surface area contributed by atoms with E-state index in [4.69, 9.17) is 14.2 Å². The van der Waals surface area contributed by atoms with Crippen LogP contribution in [0.25, 0.3) is 31.8 Å². The third-order valence-corrected chi connectivity index (χ3v) is 9.36. The SMILES string of the molecule is CC(C)Oc1ccc2c(ccn2C(C)C)c1.CC(C)Oc1ccc2cc(C(C)C)ccc2c1.CC(C)Oc1ccc2sc(C(C)C)cc2c1. The van der Waals surface area contributed by atoms with E-state index in [9.17, 15) is 0 Å². The normalized spacial score (nSPS) is 11.6. The Kier molecular flexibility index (Phi) is 13.2. The van der Waals surface area contributed by atoms with Gasteiger partial charge in [0.2, 0.25) is 0 Å². The van der Waals surface area contributed by atoms with Crippen LogP contribution in [0.4, 0.5) is 0 Å². The van der Waals surface area contributed by atoms with Crippen molar-refractivity contribution in [1.82, 2.24) is 4.57 Å². The Hall–Kier alpha value is -3.96. The Labute approximate surface area is 299 Å². The van der Waals surface area contributed by atoms with Crippen LogP contribution in [0.5, 0.6) is 17.2 Å². The molecule has 0 aliphatic carbocycles. The van der Waals surface area contributed by atoms with Crippen LogP contribution in [0, 0.1) is 0 Å². The van der Waals surface area contributed by atoms with Crippen LogP contribution in [0.2, 0.25) is 0 Å². The van der Waals surface area contributed by atoms with Gasteiger partial charge in [-0.1, -0.05) is 52.0 Å². The summed E-state index contributed by atoms with van der Waals surface area (Å²) >= 11 is 1.88. The molecule has 2 heterocycles. The van der Waals surface area contributed by atoms with Crippen LogP contribution in [0.3, 0.4) is 0 Å². The van der Waals surface area contributed by atoms with E-state index in [-0.39, 0.29) is 18.3 Å². The molecule has 0 N–H and O–H groups in total. The lowest BCUT2D eigenvalue weighted by molar-refractivity contribution is 0.242. The molecule has 0 fully saturated rings. The summed E-state index contributed by atoms with van der Waals surface area (Å²) in [6, 6.07) is 30.5. The molecule has 0 saturated carbocycles. The third kappa shape index (κ3) is 10.8. The van der Waals surface area contributed by atoms with Crippen LogP contribution in [-0.4, -0.2) is 22.9 Å². The zero-order valence-electron chi connectivity index (χ0n) is 31.7. The second-order valence-electron chi connectivity index (χ2n) is 14.5. The largest absolute Gasteiger partial charge is 0.491 e. The summed E-state index contributed by atoms with van der Waals surface area (Å²) in [6.45, 7) is 25.6. The zero-order valence-corrected chi connectivity index (χ0v) is 32.5. The summed E-state index contributed by atoms with van der Waals surface area (Å²) in [7, 11) is 0. The average Bonchev–Trinajstić information content (AvgIpc) is 3.65. The predicted octanol–water partition coefficient (Wildman–Crippen LogP) is 13.6. The number of ether oxygens (including phenoxy) is 3. The van der Waals surface area contributed by atoms with E-state index in [1.165, 1.54) is 42.2 Å². The summed E-state index contributed by atoms with van der Waals surface area (Å²) in [5.41, 5.74) is 2.65. The quantitative estimate of drug-likeness (QED) is 0.152. The van der Waals surface area contributed by atoms with Crippen LogP contribution in [-0.2, 0) is 0 Å². The summed E-state index contributed by atoms with van der Waals surface area (Å²) in [5.74, 6) is 4.04. The minimum absolute atomic E-state index is 0.224. The van der Waals surface area contributed by atoms with E-state index in [1.807, 2.05) is 51.2 Å². The Morgan fingerprint density at radius 1 is 0.469 bits per heavy atom. The monoisotopic (exact) mass is 679 g/mol. The van der Waals surface area contributed by atoms with Crippen LogP contribution in [0.15, 0.2) is 91.1 Å². The lowest BCUT2D eigenvalue weighted by Gasteiger charge is -2.11. The second-order valence-corrected chi connectivity index (χ2v) is 15.6. The molecule has 0 unspecified atom stereocenters. The van der Waals surface area contributed by atoms with Crippen LogP contribution in [0.1, 0.15) is 111 Å². The Morgan fingerprint density at radius 2 is 0.980 bits per heavy atom. The van der Waals surface area contributed by atoms with Crippen molar-refractivity contribution in [2.24, 2.45) is 0 Å². The maximum absolute atomic E-state index is 5.70. The minimum atomic E-state index is 0.224. The van der Waals surface area contributed by atoms with E-state index in [1.54, 1.807) is 0 Å². The van der Waals surface area contributed by atoms with Gasteiger partial charge in [-0.05, 0) is 150 Å². The predicted molar refractivity (Wildman–Crippen MR) is 214 cm³/mol. The van der Waals surface area contributed by atoms with Crippen molar-refractivity contribution < 1.29 is 14.2 Å². The summed E-state index contributed by atoms with van der Waals surface area (Å²) in [4.78, 5) is 1.44. The standard InChI is InChI=1S/C16H20O.C14H19NO.C14H18OS/c1-11(2)13-5-6-15-10-16(17-12(3)4)8-7-14(15)9-13;1-10(2)15-8-7-12-9-13(16-11(3)4)5-6-14(12)15;1-9(2)14-8-11-7-12(15-10(3)4)5-6-13(11)16-14/h5-12H,1-4H3;5-11H,1-4H3;5-10H,1-4H3. The molecule has 0 atom stereocenters. The van der Waals surface area contributed by atoms with Gasteiger partial charge in [0.15, 0.2) is 0 Å². The van der Waals surface area contributed by atoms with E-state index < -0.39 is 0 Å². The van der Waals surface area contributed by atoms with Gasteiger partial charge in [0, 0.05) is 32.7 Å². The minimum Gasteiger partial charge on any atom is -0.491 e. The molecule has 5 heteroatoms. The summed E-state index contributed by atoms with van der Waals surface area (Å²) < 4.78 is 20.7. The number of rotatable bonds is 9. The van der Waals surface area contributed by atoms with E-state index >= 15 is 0 Å². The molecule has 49 heavy (non-hydrogen) atoms. The molecule has 6 rings (SSSR count). The fraction of sp³-hybridized carbons (Fsp3) is 0.409. The first-order chi connectivity index (χ1) is 23.2. The molecule has 0 aliphatic rings. The molecule has 0 bridgehead atoms. The number of nitrogens with zero attached hydrogens (tertiary/aromatic N) is 1. The number of aromatic nitrogens is 1. The molecule has 4 nitrogen and oxygen atoms in total. The van der Waals surface area contributed by atoms with Crippen molar-refractivity contribution in [3.05, 3.63) is 102 Å². The molecule has 4 aromatic carbocycles. The van der Waals surface area contributed by atoms with Crippen molar-refractivity contribution >= 4 is 43.1 Å². The summed E-state index contributed by atoms with van der Waals surface area (Å²) in [5, 5.41) is 5.07. The van der Waals surface area contributed by atoms with Crippen molar-refractivity contribution in [2.45, 2.75) is 119 Å². The highest BCUT2D eigenvalue weighted by Crippen LogP contribution is 2.33. The van der Waals surface area contributed by atoms with Gasteiger partial charge in [-0.15, -0.1) is 11.3 Å². The number of benzene rings is 4. The Bertz CT molecular complexity index is 1910. The van der Waals surface area contributed by atoms with Gasteiger partial charge in [-0.25, -0.2) is 0 Å². The van der Waals surface area contributed by atoms with Gasteiger partial charge < -0.3 is 18.8 Å². The highest BCUT2D eigenvalue weighted by atomic mass is 32.1. The van der Waals surface area contributed by atoms with Gasteiger partial charge in [-0.2, -0.15) is 0 Å². The van der Waals surface area contributed by atoms with Gasteiger partial charge in [0.25, 0.3) is 0 Å². The van der Waals surface area contributed by atoms with Crippen molar-refractivity contribution in [1.29, 1.82) is 0 Å². The molecular weight excluding hydrogens is 623 g/mol. The number of hydrogen-bond acceptors (Lipinski definition) is 4. The highest BCUT2D eigenvalue weighted by molar-refractivity contribution is 7.19. The van der Waals surface area contributed by atoms with Gasteiger partial charge in [0.05, 0.1) is 18.3 Å². The lowest BCUT2D eigenvalue weighted by atomic mass is 9.99. The second kappa shape index (κ2) is 17.1. The third-order valence-electron chi connectivity index (χ3n) is 7.94. The van der Waals surface area contributed by atoms with Gasteiger partial charge in [0.1, 0.15) is 17.2 Å². The maximum atomic E-state index is 5.70. The first-order valence-electron chi connectivity index (χ1n) is 17.9. The number of thiophene rings is 1.